The number of ketones is 1. The number of hydrogen-bond donors (Lipinski definition) is 0. The molecule has 0 spiro atoms. The molecule has 5 nitrogen and oxygen atoms in total. The Morgan fingerprint density at radius 1 is 1.53 bits per heavy atom. The van der Waals surface area contributed by atoms with Gasteiger partial charge in [-0.25, -0.2) is 4.68 Å². The summed E-state index contributed by atoms with van der Waals surface area (Å²) < 4.78 is 7.38. The highest BCUT2D eigenvalue weighted by molar-refractivity contribution is 9.10. The molecule has 0 aliphatic rings. The lowest BCUT2D eigenvalue weighted by atomic mass is 10.2. The number of aromatic nitrogens is 3. The van der Waals surface area contributed by atoms with Crippen molar-refractivity contribution in [2.75, 3.05) is 0 Å². The lowest BCUT2D eigenvalue weighted by molar-refractivity contribution is 0.0807. The van der Waals surface area contributed by atoms with E-state index >= 15 is 0 Å². The van der Waals surface area contributed by atoms with Crippen LogP contribution in [0.25, 0.3) is 0 Å². The first-order valence-electron chi connectivity index (χ1n) is 5.50. The van der Waals surface area contributed by atoms with Gasteiger partial charge in [0.1, 0.15) is 11.4 Å². The van der Waals surface area contributed by atoms with Crippen LogP contribution in [0, 0.1) is 0 Å². The largest absolute Gasteiger partial charge is 0.482 e. The van der Waals surface area contributed by atoms with Gasteiger partial charge in [-0.15, -0.1) is 5.10 Å². The molecule has 0 bridgehead atoms. The first kappa shape index (κ1) is 14.0. The number of carbonyl (C=O) groups excluding carboxylic acids is 1. The van der Waals surface area contributed by atoms with Gasteiger partial charge in [0.15, 0.2) is 10.7 Å². The molecule has 0 amide bonds. The normalized spacial score (nSPS) is 12.2. The maximum atomic E-state index is 12.2. The minimum atomic E-state index is -0.660. The average molecular weight is 345 g/mol. The van der Waals surface area contributed by atoms with Crippen LogP contribution in [0.3, 0.4) is 0 Å². The van der Waals surface area contributed by atoms with E-state index in [9.17, 15) is 4.79 Å². The molecule has 0 saturated heterocycles. The second-order valence-electron chi connectivity index (χ2n) is 3.93. The maximum absolute atomic E-state index is 12.2. The number of aryl methyl sites for hydroxylation is 1. The Hall–Kier alpha value is -1.40. The number of carbonyl (C=O) groups is 1. The number of nitrogens with zero attached hydrogens (tertiary/aromatic N) is 3. The molecule has 19 heavy (non-hydrogen) atoms. The second kappa shape index (κ2) is 5.71. The zero-order chi connectivity index (χ0) is 14.0. The van der Waals surface area contributed by atoms with Crippen molar-refractivity contribution in [1.82, 2.24) is 15.0 Å². The van der Waals surface area contributed by atoms with E-state index < -0.39 is 6.10 Å². The highest BCUT2D eigenvalue weighted by Gasteiger charge is 2.24. The maximum Gasteiger partial charge on any atom is 0.223 e. The first-order valence-corrected chi connectivity index (χ1v) is 6.67. The molecule has 2 aromatic rings. The topological polar surface area (TPSA) is 57.0 Å². The van der Waals surface area contributed by atoms with Crippen molar-refractivity contribution < 1.29 is 9.53 Å². The lowest BCUT2D eigenvalue weighted by Gasteiger charge is -2.13. The summed E-state index contributed by atoms with van der Waals surface area (Å²) >= 11 is 9.05. The minimum Gasteiger partial charge on any atom is -0.482 e. The minimum absolute atomic E-state index is 0.209. The number of rotatable bonds is 4. The van der Waals surface area contributed by atoms with E-state index in [1.807, 2.05) is 0 Å². The van der Waals surface area contributed by atoms with Gasteiger partial charge in [-0.1, -0.05) is 22.9 Å². The van der Waals surface area contributed by atoms with Crippen LogP contribution in [0.15, 0.2) is 28.9 Å². The summed E-state index contributed by atoms with van der Waals surface area (Å²) in [5, 5.41) is 8.09. The molecule has 100 valence electrons. The van der Waals surface area contributed by atoms with Crippen LogP contribution in [-0.2, 0) is 7.05 Å². The van der Waals surface area contributed by atoms with Crippen LogP contribution >= 0.6 is 27.5 Å². The van der Waals surface area contributed by atoms with Gasteiger partial charge in [-0.3, -0.25) is 4.79 Å². The molecular formula is C12H11BrClN3O2. The van der Waals surface area contributed by atoms with Crippen LogP contribution in [-0.4, -0.2) is 26.9 Å². The van der Waals surface area contributed by atoms with Gasteiger partial charge in [0.25, 0.3) is 0 Å². The van der Waals surface area contributed by atoms with Crippen LogP contribution < -0.4 is 4.74 Å². The highest BCUT2D eigenvalue weighted by Crippen LogP contribution is 2.20. The summed E-state index contributed by atoms with van der Waals surface area (Å²) in [4.78, 5) is 12.2. The van der Waals surface area contributed by atoms with Gasteiger partial charge >= 0.3 is 0 Å². The van der Waals surface area contributed by atoms with Crippen molar-refractivity contribution in [2.24, 2.45) is 7.05 Å². The molecular weight excluding hydrogens is 334 g/mol. The van der Waals surface area contributed by atoms with E-state index in [4.69, 9.17) is 16.3 Å². The monoisotopic (exact) mass is 343 g/mol. The van der Waals surface area contributed by atoms with Crippen molar-refractivity contribution in [3.63, 3.8) is 0 Å². The number of halogens is 2. The van der Waals surface area contributed by atoms with Gasteiger partial charge in [0.2, 0.25) is 5.78 Å². The SMILES string of the molecule is CC(Oc1cccc(Cl)c1)C(=O)c1c(Br)nnn1C. The van der Waals surface area contributed by atoms with Gasteiger partial charge in [-0.05, 0) is 41.1 Å². The standard InChI is InChI=1S/C12H11BrClN3O2/c1-7(19-9-5-3-4-8(14)6-9)11(18)10-12(13)15-16-17(10)2/h3-7H,1-2H3. The summed E-state index contributed by atoms with van der Waals surface area (Å²) in [7, 11) is 1.65. The summed E-state index contributed by atoms with van der Waals surface area (Å²) in [6.45, 7) is 1.67. The van der Waals surface area contributed by atoms with Gasteiger partial charge in [0, 0.05) is 12.1 Å². The predicted molar refractivity (Wildman–Crippen MR) is 74.6 cm³/mol. The molecule has 0 aliphatic carbocycles. The Balaban J connectivity index is 2.16. The zero-order valence-electron chi connectivity index (χ0n) is 10.3. The fourth-order valence-electron chi connectivity index (χ4n) is 1.58. The Labute approximate surface area is 123 Å². The quantitative estimate of drug-likeness (QED) is 0.800. The van der Waals surface area contributed by atoms with Crippen LogP contribution in [0.2, 0.25) is 5.02 Å². The van der Waals surface area contributed by atoms with E-state index in [-0.39, 0.29) is 5.78 Å². The van der Waals surface area contributed by atoms with Gasteiger partial charge in [-0.2, -0.15) is 0 Å². The van der Waals surface area contributed by atoms with E-state index in [2.05, 4.69) is 26.2 Å². The number of benzene rings is 1. The summed E-state index contributed by atoms with van der Waals surface area (Å²) in [6, 6.07) is 6.90. The van der Waals surface area contributed by atoms with Crippen LogP contribution in [0.4, 0.5) is 0 Å². The predicted octanol–water partition coefficient (Wildman–Crippen LogP) is 2.88. The number of hydrogen-bond acceptors (Lipinski definition) is 4. The van der Waals surface area contributed by atoms with Gasteiger partial charge < -0.3 is 4.74 Å². The van der Waals surface area contributed by atoms with E-state index in [0.29, 0.717) is 21.1 Å². The molecule has 1 aromatic heterocycles. The molecule has 2 rings (SSSR count). The fraction of sp³-hybridized carbons (Fsp3) is 0.250. The Kier molecular flexibility index (Phi) is 4.21. The van der Waals surface area contributed by atoms with E-state index in [1.165, 1.54) is 4.68 Å². The van der Waals surface area contributed by atoms with Crippen molar-refractivity contribution in [1.29, 1.82) is 0 Å². The molecule has 1 aromatic carbocycles. The Morgan fingerprint density at radius 3 is 2.84 bits per heavy atom. The first-order chi connectivity index (χ1) is 8.99. The molecule has 0 radical (unpaired) electrons. The molecule has 1 heterocycles. The highest BCUT2D eigenvalue weighted by atomic mass is 79.9. The van der Waals surface area contributed by atoms with E-state index in [0.717, 1.165) is 0 Å². The molecule has 0 N–H and O–H groups in total. The van der Waals surface area contributed by atoms with Crippen molar-refractivity contribution in [2.45, 2.75) is 13.0 Å². The lowest BCUT2D eigenvalue weighted by Crippen LogP contribution is -2.26. The summed E-state index contributed by atoms with van der Waals surface area (Å²) in [5.74, 6) is 0.332. The van der Waals surface area contributed by atoms with Crippen LogP contribution in [0.5, 0.6) is 5.75 Å². The third-order valence-electron chi connectivity index (χ3n) is 2.50. The van der Waals surface area contributed by atoms with Gasteiger partial charge in [0.05, 0.1) is 0 Å². The molecule has 0 fully saturated rings. The average Bonchev–Trinajstić information content (AvgIpc) is 2.68. The van der Waals surface area contributed by atoms with Crippen molar-refractivity contribution in [3.05, 3.63) is 39.6 Å². The third-order valence-corrected chi connectivity index (χ3v) is 3.27. The fourth-order valence-corrected chi connectivity index (χ4v) is 2.29. The molecule has 1 unspecified atom stereocenters. The molecule has 0 aliphatic heterocycles. The zero-order valence-corrected chi connectivity index (χ0v) is 12.6. The second-order valence-corrected chi connectivity index (χ2v) is 5.12. The third kappa shape index (κ3) is 3.13. The summed E-state index contributed by atoms with van der Waals surface area (Å²) in [5.41, 5.74) is 0.370. The Bertz CT molecular complexity index is 595. The smallest absolute Gasteiger partial charge is 0.223 e. The number of Topliss-reactive ketones (excluding diaryl/α,β-unsaturated/α-hetero) is 1. The molecule has 0 saturated carbocycles. The number of ether oxygens (including phenoxy) is 1. The Morgan fingerprint density at radius 2 is 2.26 bits per heavy atom. The van der Waals surface area contributed by atoms with Crippen molar-refractivity contribution >= 4 is 33.3 Å². The van der Waals surface area contributed by atoms with E-state index in [1.54, 1.807) is 38.2 Å². The van der Waals surface area contributed by atoms with Crippen molar-refractivity contribution in [3.8, 4) is 5.75 Å². The van der Waals surface area contributed by atoms with Crippen LogP contribution in [0.1, 0.15) is 17.4 Å². The molecule has 7 heteroatoms. The molecule has 1 atom stereocenters. The summed E-state index contributed by atoms with van der Waals surface area (Å²) in [6.07, 6.45) is -0.660.